The molecule has 5 heteroatoms. The second-order valence-corrected chi connectivity index (χ2v) is 4.52. The number of esters is 1. The number of hydrogen-bond acceptors (Lipinski definition) is 4. The Balaban J connectivity index is 2.05. The minimum absolute atomic E-state index is 0.195. The van der Waals surface area contributed by atoms with E-state index in [4.69, 9.17) is 0 Å². The summed E-state index contributed by atoms with van der Waals surface area (Å²) in [6.07, 6.45) is 1.68. The first-order chi connectivity index (χ1) is 10.1. The molecule has 0 bridgehead atoms. The number of rotatable bonds is 4. The molecule has 1 aromatic carbocycles. The highest BCUT2D eigenvalue weighted by Crippen LogP contribution is 2.11. The molecule has 0 radical (unpaired) electrons. The highest BCUT2D eigenvalue weighted by atomic mass is 16.5. The standard InChI is InChI=1S/C16H16N2O3/c1-11(14-5-3-4-10-17-14)18-15(19)12-6-8-13(9-7-12)16(20)21-2/h3-11H,1-2H3,(H,18,19). The number of nitrogens with one attached hydrogen (secondary N) is 1. The van der Waals surface area contributed by atoms with Crippen molar-refractivity contribution < 1.29 is 14.3 Å². The number of methoxy groups -OCH3 is 1. The van der Waals surface area contributed by atoms with E-state index in [1.807, 2.05) is 25.1 Å². The van der Waals surface area contributed by atoms with E-state index in [-0.39, 0.29) is 11.9 Å². The third kappa shape index (κ3) is 3.66. The molecule has 108 valence electrons. The van der Waals surface area contributed by atoms with Crippen molar-refractivity contribution in [2.45, 2.75) is 13.0 Å². The van der Waals surface area contributed by atoms with E-state index in [0.717, 1.165) is 5.69 Å². The van der Waals surface area contributed by atoms with Crippen molar-refractivity contribution >= 4 is 11.9 Å². The van der Waals surface area contributed by atoms with Crippen LogP contribution in [0.25, 0.3) is 0 Å². The topological polar surface area (TPSA) is 68.3 Å². The predicted octanol–water partition coefficient (Wildman–Crippen LogP) is 2.36. The highest BCUT2D eigenvalue weighted by Gasteiger charge is 2.13. The zero-order valence-corrected chi connectivity index (χ0v) is 11.9. The van der Waals surface area contributed by atoms with E-state index in [9.17, 15) is 9.59 Å². The third-order valence-corrected chi connectivity index (χ3v) is 3.05. The van der Waals surface area contributed by atoms with Gasteiger partial charge in [0.15, 0.2) is 0 Å². The molecule has 1 unspecified atom stereocenters. The van der Waals surface area contributed by atoms with Crippen LogP contribution in [-0.2, 0) is 4.74 Å². The summed E-state index contributed by atoms with van der Waals surface area (Å²) >= 11 is 0. The summed E-state index contributed by atoms with van der Waals surface area (Å²) in [4.78, 5) is 27.6. The van der Waals surface area contributed by atoms with Gasteiger partial charge in [-0.15, -0.1) is 0 Å². The molecule has 1 amide bonds. The fourth-order valence-corrected chi connectivity index (χ4v) is 1.86. The minimum Gasteiger partial charge on any atom is -0.465 e. The van der Waals surface area contributed by atoms with Crippen LogP contribution in [0.3, 0.4) is 0 Å². The van der Waals surface area contributed by atoms with Crippen molar-refractivity contribution in [3.05, 3.63) is 65.5 Å². The lowest BCUT2D eigenvalue weighted by molar-refractivity contribution is 0.0600. The van der Waals surface area contributed by atoms with Gasteiger partial charge in [0.1, 0.15) is 0 Å². The number of pyridine rings is 1. The fourth-order valence-electron chi connectivity index (χ4n) is 1.86. The van der Waals surface area contributed by atoms with E-state index in [1.165, 1.54) is 7.11 Å². The summed E-state index contributed by atoms with van der Waals surface area (Å²) in [5, 5.41) is 2.86. The van der Waals surface area contributed by atoms with Gasteiger partial charge in [0.05, 0.1) is 24.4 Å². The largest absolute Gasteiger partial charge is 0.465 e. The van der Waals surface area contributed by atoms with Crippen LogP contribution in [-0.4, -0.2) is 24.0 Å². The Hall–Kier alpha value is -2.69. The van der Waals surface area contributed by atoms with Gasteiger partial charge in [-0.25, -0.2) is 4.79 Å². The average Bonchev–Trinajstić information content (AvgIpc) is 2.55. The number of carbonyl (C=O) groups is 2. The molecule has 1 heterocycles. The lowest BCUT2D eigenvalue weighted by Gasteiger charge is -2.13. The lowest BCUT2D eigenvalue weighted by Crippen LogP contribution is -2.27. The first kappa shape index (κ1) is 14.7. The van der Waals surface area contributed by atoms with Crippen molar-refractivity contribution in [3.63, 3.8) is 0 Å². The Morgan fingerprint density at radius 1 is 1.10 bits per heavy atom. The van der Waals surface area contributed by atoms with Gasteiger partial charge < -0.3 is 10.1 Å². The monoisotopic (exact) mass is 284 g/mol. The van der Waals surface area contributed by atoms with E-state index >= 15 is 0 Å². The summed E-state index contributed by atoms with van der Waals surface area (Å²) in [5.41, 5.74) is 1.68. The molecule has 1 N–H and O–H groups in total. The van der Waals surface area contributed by atoms with Gasteiger partial charge in [-0.05, 0) is 43.3 Å². The van der Waals surface area contributed by atoms with Crippen LogP contribution in [0.15, 0.2) is 48.7 Å². The number of aromatic nitrogens is 1. The van der Waals surface area contributed by atoms with E-state index in [2.05, 4.69) is 15.0 Å². The van der Waals surface area contributed by atoms with Crippen LogP contribution in [0.1, 0.15) is 39.4 Å². The normalized spacial score (nSPS) is 11.5. The van der Waals surface area contributed by atoms with Gasteiger partial charge >= 0.3 is 5.97 Å². The van der Waals surface area contributed by atoms with Crippen LogP contribution in [0.5, 0.6) is 0 Å². The summed E-state index contributed by atoms with van der Waals surface area (Å²) in [6.45, 7) is 1.86. The van der Waals surface area contributed by atoms with Crippen molar-refractivity contribution in [2.24, 2.45) is 0 Å². The Morgan fingerprint density at radius 3 is 2.33 bits per heavy atom. The van der Waals surface area contributed by atoms with Gasteiger partial charge in [-0.1, -0.05) is 6.07 Å². The van der Waals surface area contributed by atoms with Gasteiger partial charge in [-0.2, -0.15) is 0 Å². The zero-order chi connectivity index (χ0) is 15.2. The van der Waals surface area contributed by atoms with Gasteiger partial charge in [0, 0.05) is 11.8 Å². The quantitative estimate of drug-likeness (QED) is 0.875. The molecule has 1 aromatic heterocycles. The van der Waals surface area contributed by atoms with Crippen LogP contribution in [0.4, 0.5) is 0 Å². The molecule has 1 atom stereocenters. The van der Waals surface area contributed by atoms with Crippen molar-refractivity contribution in [3.8, 4) is 0 Å². The summed E-state index contributed by atoms with van der Waals surface area (Å²) in [6, 6.07) is 11.7. The van der Waals surface area contributed by atoms with Gasteiger partial charge in [0.2, 0.25) is 0 Å². The molecular weight excluding hydrogens is 268 g/mol. The molecule has 2 aromatic rings. The number of amides is 1. The third-order valence-electron chi connectivity index (χ3n) is 3.05. The summed E-state index contributed by atoms with van der Waals surface area (Å²) in [5.74, 6) is -0.645. The molecule has 0 aliphatic rings. The molecule has 0 fully saturated rings. The Morgan fingerprint density at radius 2 is 1.76 bits per heavy atom. The number of ether oxygens (including phenoxy) is 1. The Kier molecular flexibility index (Phi) is 4.66. The SMILES string of the molecule is COC(=O)c1ccc(C(=O)NC(C)c2ccccn2)cc1. The summed E-state index contributed by atoms with van der Waals surface area (Å²) in [7, 11) is 1.32. The average molecular weight is 284 g/mol. The van der Waals surface area contributed by atoms with Crippen LogP contribution in [0.2, 0.25) is 0 Å². The smallest absolute Gasteiger partial charge is 0.337 e. The minimum atomic E-state index is -0.427. The number of benzene rings is 1. The van der Waals surface area contributed by atoms with Gasteiger partial charge in [-0.3, -0.25) is 9.78 Å². The van der Waals surface area contributed by atoms with E-state index in [1.54, 1.807) is 30.5 Å². The predicted molar refractivity (Wildman–Crippen MR) is 77.9 cm³/mol. The second kappa shape index (κ2) is 6.65. The van der Waals surface area contributed by atoms with Crippen LogP contribution in [0, 0.1) is 0 Å². The maximum Gasteiger partial charge on any atom is 0.337 e. The second-order valence-electron chi connectivity index (χ2n) is 4.52. The highest BCUT2D eigenvalue weighted by molar-refractivity contribution is 5.96. The maximum absolute atomic E-state index is 12.1. The summed E-state index contributed by atoms with van der Waals surface area (Å²) < 4.78 is 4.61. The van der Waals surface area contributed by atoms with Gasteiger partial charge in [0.25, 0.3) is 5.91 Å². The van der Waals surface area contributed by atoms with E-state index in [0.29, 0.717) is 11.1 Å². The molecule has 5 nitrogen and oxygen atoms in total. The van der Waals surface area contributed by atoms with Crippen molar-refractivity contribution in [2.75, 3.05) is 7.11 Å². The lowest BCUT2D eigenvalue weighted by atomic mass is 10.1. The molecule has 0 aliphatic heterocycles. The molecular formula is C16H16N2O3. The molecule has 0 saturated heterocycles. The molecule has 2 rings (SSSR count). The maximum atomic E-state index is 12.1. The number of carbonyl (C=O) groups excluding carboxylic acids is 2. The Labute approximate surface area is 123 Å². The number of nitrogens with zero attached hydrogens (tertiary/aromatic N) is 1. The van der Waals surface area contributed by atoms with Crippen LogP contribution >= 0.6 is 0 Å². The first-order valence-electron chi connectivity index (χ1n) is 6.52. The van der Waals surface area contributed by atoms with Crippen LogP contribution < -0.4 is 5.32 Å². The zero-order valence-electron chi connectivity index (χ0n) is 11.9. The molecule has 0 saturated carbocycles. The molecule has 0 spiro atoms. The fraction of sp³-hybridized carbons (Fsp3) is 0.188. The Bertz CT molecular complexity index is 624. The van der Waals surface area contributed by atoms with Crippen molar-refractivity contribution in [1.82, 2.24) is 10.3 Å². The molecule has 0 aliphatic carbocycles. The molecule has 21 heavy (non-hydrogen) atoms. The first-order valence-corrected chi connectivity index (χ1v) is 6.52. The number of hydrogen-bond donors (Lipinski definition) is 1. The van der Waals surface area contributed by atoms with Crippen molar-refractivity contribution in [1.29, 1.82) is 0 Å². The van der Waals surface area contributed by atoms with E-state index < -0.39 is 5.97 Å².